The first-order valence-electron chi connectivity index (χ1n) is 7.89. The molecule has 0 aliphatic rings. The Morgan fingerprint density at radius 1 is 1.11 bits per heavy atom. The quantitative estimate of drug-likeness (QED) is 0.655. The van der Waals surface area contributed by atoms with E-state index in [9.17, 15) is 18.4 Å². The lowest BCUT2D eigenvalue weighted by molar-refractivity contribution is -0.115. The number of rotatable bonds is 5. The maximum atomic E-state index is 13.2. The molecule has 2 N–H and O–H groups in total. The van der Waals surface area contributed by atoms with E-state index >= 15 is 0 Å². The van der Waals surface area contributed by atoms with Crippen molar-refractivity contribution in [3.8, 4) is 11.3 Å². The van der Waals surface area contributed by atoms with Crippen molar-refractivity contribution in [3.05, 3.63) is 70.5 Å². The number of carbonyl (C=O) groups excluding carboxylic acids is 1. The number of carbonyl (C=O) groups is 1. The second-order valence-corrected chi connectivity index (χ2v) is 6.88. The van der Waals surface area contributed by atoms with Gasteiger partial charge in [0.2, 0.25) is 5.91 Å². The number of aromatic nitrogens is 3. The van der Waals surface area contributed by atoms with Gasteiger partial charge in [0.25, 0.3) is 5.56 Å². The Bertz CT molecular complexity index is 1030. The van der Waals surface area contributed by atoms with Crippen LogP contribution < -0.4 is 10.9 Å². The molecule has 3 rings (SSSR count). The molecule has 1 heterocycles. The van der Waals surface area contributed by atoms with Crippen LogP contribution in [0.2, 0.25) is 0 Å². The smallest absolute Gasteiger partial charge is 0.278 e. The lowest BCUT2D eigenvalue weighted by atomic mass is 10.2. The monoisotopic (exact) mass is 388 g/mol. The lowest BCUT2D eigenvalue weighted by Crippen LogP contribution is -2.23. The van der Waals surface area contributed by atoms with Crippen LogP contribution in [-0.4, -0.2) is 26.3 Å². The summed E-state index contributed by atoms with van der Waals surface area (Å²) in [6, 6.07) is 11.9. The summed E-state index contributed by atoms with van der Waals surface area (Å²) in [7, 11) is 0. The van der Waals surface area contributed by atoms with Gasteiger partial charge in [0, 0.05) is 17.3 Å². The maximum Gasteiger partial charge on any atom is 0.278 e. The highest BCUT2D eigenvalue weighted by Crippen LogP contribution is 2.21. The second kappa shape index (κ2) is 8.09. The third-order valence-corrected chi connectivity index (χ3v) is 4.54. The zero-order valence-corrected chi connectivity index (χ0v) is 14.9. The molecule has 0 fully saturated rings. The van der Waals surface area contributed by atoms with Gasteiger partial charge in [-0.05, 0) is 19.1 Å². The topological polar surface area (TPSA) is 87.7 Å². The normalized spacial score (nSPS) is 11.8. The van der Waals surface area contributed by atoms with E-state index < -0.39 is 28.4 Å². The highest BCUT2D eigenvalue weighted by Gasteiger charge is 2.18. The van der Waals surface area contributed by atoms with Crippen LogP contribution in [-0.2, 0) is 4.79 Å². The summed E-state index contributed by atoms with van der Waals surface area (Å²) < 4.78 is 26.1. The van der Waals surface area contributed by atoms with E-state index in [1.54, 1.807) is 31.2 Å². The molecule has 1 aromatic heterocycles. The number of halogens is 2. The Balaban J connectivity index is 1.69. The van der Waals surface area contributed by atoms with Gasteiger partial charge in [0.15, 0.2) is 22.5 Å². The van der Waals surface area contributed by atoms with Gasteiger partial charge in [0.05, 0.1) is 5.25 Å². The fourth-order valence-electron chi connectivity index (χ4n) is 2.20. The first-order chi connectivity index (χ1) is 12.9. The number of benzene rings is 2. The highest BCUT2D eigenvalue weighted by atomic mass is 32.2. The minimum Gasteiger partial charge on any atom is -0.325 e. The molecule has 0 saturated carbocycles. The Labute approximate surface area is 157 Å². The van der Waals surface area contributed by atoms with E-state index in [4.69, 9.17) is 0 Å². The van der Waals surface area contributed by atoms with Crippen molar-refractivity contribution in [2.24, 2.45) is 0 Å². The number of aromatic amines is 1. The molecule has 1 atom stereocenters. The van der Waals surface area contributed by atoms with Crippen LogP contribution in [0.5, 0.6) is 0 Å². The van der Waals surface area contributed by atoms with Crippen molar-refractivity contribution in [3.63, 3.8) is 0 Å². The molecular weight excluding hydrogens is 374 g/mol. The average Bonchev–Trinajstić information content (AvgIpc) is 2.65. The molecule has 6 nitrogen and oxygen atoms in total. The zero-order valence-electron chi connectivity index (χ0n) is 14.1. The summed E-state index contributed by atoms with van der Waals surface area (Å²) in [5.41, 5.74) is 0.517. The van der Waals surface area contributed by atoms with Gasteiger partial charge in [0.1, 0.15) is 0 Å². The number of amides is 1. The molecule has 9 heteroatoms. The number of hydrogen-bond donors (Lipinski definition) is 2. The van der Waals surface area contributed by atoms with Crippen LogP contribution >= 0.6 is 11.8 Å². The summed E-state index contributed by atoms with van der Waals surface area (Å²) in [4.78, 5) is 27.0. The summed E-state index contributed by atoms with van der Waals surface area (Å²) in [6.07, 6.45) is 0. The second-order valence-electron chi connectivity index (χ2n) is 5.55. The fourth-order valence-corrected chi connectivity index (χ4v) is 2.94. The van der Waals surface area contributed by atoms with Gasteiger partial charge in [-0.15, -0.1) is 10.2 Å². The summed E-state index contributed by atoms with van der Waals surface area (Å²) in [5, 5.41) is 9.85. The number of hydrogen-bond acceptors (Lipinski definition) is 5. The number of H-pyrrole nitrogens is 1. The fraction of sp³-hybridized carbons (Fsp3) is 0.111. The molecule has 0 spiro atoms. The van der Waals surface area contributed by atoms with Crippen molar-refractivity contribution in [1.82, 2.24) is 15.2 Å². The first-order valence-corrected chi connectivity index (χ1v) is 8.77. The molecule has 0 radical (unpaired) electrons. The summed E-state index contributed by atoms with van der Waals surface area (Å²) in [6.45, 7) is 1.59. The van der Waals surface area contributed by atoms with Crippen molar-refractivity contribution >= 4 is 23.4 Å². The van der Waals surface area contributed by atoms with Crippen molar-refractivity contribution < 1.29 is 13.6 Å². The van der Waals surface area contributed by atoms with Gasteiger partial charge >= 0.3 is 0 Å². The minimum absolute atomic E-state index is 0.130. The van der Waals surface area contributed by atoms with Crippen LogP contribution in [0.15, 0.2) is 58.5 Å². The van der Waals surface area contributed by atoms with Crippen LogP contribution in [0.25, 0.3) is 11.3 Å². The third-order valence-electron chi connectivity index (χ3n) is 3.57. The number of nitrogens with zero attached hydrogens (tertiary/aromatic N) is 2. The lowest BCUT2D eigenvalue weighted by Gasteiger charge is -2.11. The van der Waals surface area contributed by atoms with E-state index in [1.165, 1.54) is 6.07 Å². The molecule has 0 aliphatic heterocycles. The molecule has 0 bridgehead atoms. The molecule has 1 unspecified atom stereocenters. The van der Waals surface area contributed by atoms with Crippen molar-refractivity contribution in [2.75, 3.05) is 5.32 Å². The summed E-state index contributed by atoms with van der Waals surface area (Å²) in [5.74, 6) is -2.51. The molecule has 0 saturated heterocycles. The molecule has 27 heavy (non-hydrogen) atoms. The Kier molecular flexibility index (Phi) is 5.60. The zero-order chi connectivity index (χ0) is 19.4. The molecule has 1 amide bonds. The number of anilines is 1. The largest absolute Gasteiger partial charge is 0.325 e. The van der Waals surface area contributed by atoms with Gasteiger partial charge in [-0.1, -0.05) is 42.1 Å². The molecule has 2 aromatic carbocycles. The van der Waals surface area contributed by atoms with Gasteiger partial charge in [-0.3, -0.25) is 14.6 Å². The SMILES string of the molecule is CC(Sc1nnc(-c2ccccc2)c(=O)[nH]1)C(=O)Nc1ccc(F)c(F)c1. The molecule has 0 aliphatic carbocycles. The van der Waals surface area contributed by atoms with Gasteiger partial charge in [-0.25, -0.2) is 8.78 Å². The Hall–Kier alpha value is -3.07. The Morgan fingerprint density at radius 3 is 2.52 bits per heavy atom. The van der Waals surface area contributed by atoms with Gasteiger partial charge < -0.3 is 5.32 Å². The van der Waals surface area contributed by atoms with Gasteiger partial charge in [-0.2, -0.15) is 0 Å². The molecule has 138 valence electrons. The average molecular weight is 388 g/mol. The third kappa shape index (κ3) is 4.56. The van der Waals surface area contributed by atoms with Crippen LogP contribution in [0.3, 0.4) is 0 Å². The van der Waals surface area contributed by atoms with E-state index in [1.807, 2.05) is 6.07 Å². The molecule has 3 aromatic rings. The van der Waals surface area contributed by atoms with Crippen LogP contribution in [0, 0.1) is 11.6 Å². The predicted molar refractivity (Wildman–Crippen MR) is 98.4 cm³/mol. The van der Waals surface area contributed by atoms with E-state index in [0.717, 1.165) is 23.9 Å². The Morgan fingerprint density at radius 2 is 1.85 bits per heavy atom. The number of thioether (sulfide) groups is 1. The van der Waals surface area contributed by atoms with E-state index in [0.29, 0.717) is 5.56 Å². The highest BCUT2D eigenvalue weighted by molar-refractivity contribution is 8.00. The molecular formula is C18H14F2N4O2S. The van der Waals surface area contributed by atoms with E-state index in [2.05, 4.69) is 20.5 Å². The maximum absolute atomic E-state index is 13.2. The first kappa shape index (κ1) is 18.7. The van der Waals surface area contributed by atoms with Crippen LogP contribution in [0.1, 0.15) is 6.92 Å². The summed E-state index contributed by atoms with van der Waals surface area (Å²) >= 11 is 0.987. The minimum atomic E-state index is -1.06. The predicted octanol–water partition coefficient (Wildman–Crippen LogP) is 3.23. The van der Waals surface area contributed by atoms with Crippen molar-refractivity contribution in [1.29, 1.82) is 0 Å². The van der Waals surface area contributed by atoms with Crippen molar-refractivity contribution in [2.45, 2.75) is 17.3 Å². The number of nitrogens with one attached hydrogen (secondary N) is 2. The standard InChI is InChI=1S/C18H14F2N4O2S/c1-10(16(25)21-12-7-8-13(19)14(20)9-12)27-18-22-17(26)15(23-24-18)11-5-3-2-4-6-11/h2-10H,1H3,(H,21,25)(H,22,24,26). The van der Waals surface area contributed by atoms with Crippen LogP contribution in [0.4, 0.5) is 14.5 Å². The van der Waals surface area contributed by atoms with E-state index in [-0.39, 0.29) is 16.5 Å².